The molecule has 2 fully saturated rings. The van der Waals surface area contributed by atoms with Gasteiger partial charge in [0.2, 0.25) is 0 Å². The fourth-order valence-corrected chi connectivity index (χ4v) is 5.33. The Bertz CT molecular complexity index is 1260. The fourth-order valence-electron chi connectivity index (χ4n) is 4.37. The van der Waals surface area contributed by atoms with Gasteiger partial charge in [0.1, 0.15) is 11.1 Å². The van der Waals surface area contributed by atoms with Crippen molar-refractivity contribution in [2.45, 2.75) is 71.3 Å². The highest BCUT2D eigenvalue weighted by atomic mass is 32.1. The summed E-state index contributed by atoms with van der Waals surface area (Å²) >= 11 is 1.07. The van der Waals surface area contributed by atoms with E-state index in [-0.39, 0.29) is 22.5 Å². The zero-order chi connectivity index (χ0) is 23.7. The first-order valence-corrected chi connectivity index (χ1v) is 12.9. The van der Waals surface area contributed by atoms with Crippen LogP contribution >= 0.6 is 11.5 Å². The van der Waals surface area contributed by atoms with Crippen LogP contribution in [0.15, 0.2) is 15.8 Å². The highest BCUT2D eigenvalue weighted by molar-refractivity contribution is 7.13. The van der Waals surface area contributed by atoms with Gasteiger partial charge in [-0.2, -0.15) is 0 Å². The van der Waals surface area contributed by atoms with Gasteiger partial charge in [-0.1, -0.05) is 25.4 Å². The topological polar surface area (TPSA) is 69.6 Å². The van der Waals surface area contributed by atoms with E-state index in [2.05, 4.69) is 9.69 Å². The van der Waals surface area contributed by atoms with Crippen molar-refractivity contribution in [3.05, 3.63) is 44.1 Å². The zero-order valence-electron chi connectivity index (χ0n) is 19.5. The Morgan fingerprint density at radius 1 is 1.18 bits per heavy atom. The zero-order valence-corrected chi connectivity index (χ0v) is 20.3. The van der Waals surface area contributed by atoms with Crippen molar-refractivity contribution in [2.75, 3.05) is 24.5 Å². The minimum absolute atomic E-state index is 0.00791. The summed E-state index contributed by atoms with van der Waals surface area (Å²) in [4.78, 5) is 26.8. The number of aromatic nitrogens is 2. The molecule has 9 heteroatoms. The molecule has 2 aliphatic rings. The van der Waals surface area contributed by atoms with E-state index < -0.39 is 22.8 Å². The summed E-state index contributed by atoms with van der Waals surface area (Å²) < 4.78 is 35.1. The Kier molecular flexibility index (Phi) is 7.19. The number of aromatic amines is 1. The van der Waals surface area contributed by atoms with Crippen LogP contribution < -0.4 is 21.3 Å². The Balaban J connectivity index is 0.00000126. The minimum atomic E-state index is -0.780. The molecular weight excluding hydrogens is 446 g/mol. The van der Waals surface area contributed by atoms with E-state index in [1.165, 1.54) is 12.8 Å². The van der Waals surface area contributed by atoms with Crippen LogP contribution in [0, 0.1) is 11.6 Å². The van der Waals surface area contributed by atoms with Crippen LogP contribution in [0.3, 0.4) is 0 Å². The molecule has 6 nitrogen and oxygen atoms in total. The predicted octanol–water partition coefficient (Wildman–Crippen LogP) is 4.74. The van der Waals surface area contributed by atoms with Gasteiger partial charge in [-0.25, -0.2) is 8.78 Å². The monoisotopic (exact) mass is 478 g/mol. The van der Waals surface area contributed by atoms with Crippen LogP contribution in [0.5, 0.6) is 0 Å². The molecule has 0 atom stereocenters. The van der Waals surface area contributed by atoms with Crippen molar-refractivity contribution in [1.29, 1.82) is 0 Å². The van der Waals surface area contributed by atoms with E-state index in [0.717, 1.165) is 54.4 Å². The molecule has 0 saturated heterocycles. The Labute approximate surface area is 195 Å². The molecule has 5 rings (SSSR count). The van der Waals surface area contributed by atoms with Crippen LogP contribution in [-0.4, -0.2) is 34.5 Å². The number of nitrogens with one attached hydrogen (secondary N) is 2. The van der Waals surface area contributed by atoms with Gasteiger partial charge in [-0.3, -0.25) is 18.4 Å². The summed E-state index contributed by atoms with van der Waals surface area (Å²) in [6.45, 7) is 7.79. The van der Waals surface area contributed by atoms with Crippen molar-refractivity contribution in [3.63, 3.8) is 0 Å². The summed E-state index contributed by atoms with van der Waals surface area (Å²) in [5.41, 5.74) is -0.486. The van der Waals surface area contributed by atoms with Crippen LogP contribution in [0.25, 0.3) is 15.6 Å². The third-order valence-electron chi connectivity index (χ3n) is 6.31. The number of halogens is 2. The molecule has 3 heterocycles. The molecule has 33 heavy (non-hydrogen) atoms. The smallest absolute Gasteiger partial charge is 0.271 e. The van der Waals surface area contributed by atoms with Gasteiger partial charge >= 0.3 is 0 Å². The SMILES string of the molecule is CC.CCN(CCCCNC1CC1)c1c(F)cn2c(=O)c3c(=O)[nH]sc3c(C3CC3)c2c1F. The molecule has 2 aliphatic carbocycles. The van der Waals surface area contributed by atoms with E-state index in [4.69, 9.17) is 0 Å². The lowest BCUT2D eigenvalue weighted by molar-refractivity contribution is 0.556. The maximum Gasteiger partial charge on any atom is 0.271 e. The summed E-state index contributed by atoms with van der Waals surface area (Å²) in [5.74, 6) is -1.40. The standard InChI is InChI=1S/C22H26F2N4O2S.C2H6/c1-2-27(10-4-3-9-25-13-7-8-13)18-14(23)11-28-19(17(18)24)15(12-5-6-12)20-16(22(28)30)21(29)26-31-20;1-2/h11-13,25H,2-10H2,1H3,(H,26,29);1-2H3. The molecule has 2 saturated carbocycles. The van der Waals surface area contributed by atoms with E-state index >= 15 is 8.78 Å². The summed E-state index contributed by atoms with van der Waals surface area (Å²) in [6, 6.07) is 0.651. The van der Waals surface area contributed by atoms with Crippen LogP contribution in [0.1, 0.15) is 70.8 Å². The Morgan fingerprint density at radius 3 is 2.55 bits per heavy atom. The first kappa shape index (κ1) is 23.9. The van der Waals surface area contributed by atoms with Gasteiger partial charge in [0.15, 0.2) is 11.6 Å². The number of unbranched alkanes of at least 4 members (excludes halogenated alkanes) is 1. The van der Waals surface area contributed by atoms with Crippen molar-refractivity contribution in [1.82, 2.24) is 14.1 Å². The number of nitrogens with zero attached hydrogens (tertiary/aromatic N) is 2. The van der Waals surface area contributed by atoms with Crippen molar-refractivity contribution < 1.29 is 8.78 Å². The normalized spacial score (nSPS) is 15.7. The molecule has 2 N–H and O–H groups in total. The third kappa shape index (κ3) is 4.57. The predicted molar refractivity (Wildman–Crippen MR) is 131 cm³/mol. The van der Waals surface area contributed by atoms with E-state index in [1.54, 1.807) is 4.90 Å². The molecule has 0 aliphatic heterocycles. The fraction of sp³-hybridized carbons (Fsp3) is 0.583. The van der Waals surface area contributed by atoms with Crippen LogP contribution in [-0.2, 0) is 0 Å². The lowest BCUT2D eigenvalue weighted by Crippen LogP contribution is -2.29. The highest BCUT2D eigenvalue weighted by Crippen LogP contribution is 2.46. The number of H-pyrrole nitrogens is 1. The molecule has 0 amide bonds. The molecule has 0 aromatic carbocycles. The van der Waals surface area contributed by atoms with E-state index in [1.807, 2.05) is 20.8 Å². The number of hydrogen-bond acceptors (Lipinski definition) is 5. The first-order valence-electron chi connectivity index (χ1n) is 12.1. The van der Waals surface area contributed by atoms with Crippen molar-refractivity contribution >= 4 is 32.8 Å². The van der Waals surface area contributed by atoms with Crippen molar-refractivity contribution in [3.8, 4) is 0 Å². The second-order valence-corrected chi connectivity index (χ2v) is 9.42. The average Bonchev–Trinajstić information content (AvgIpc) is 3.74. The maximum atomic E-state index is 15.9. The quantitative estimate of drug-likeness (QED) is 0.436. The number of anilines is 1. The first-order chi connectivity index (χ1) is 16.0. The molecular formula is C24H32F2N4O2S. The molecule has 0 radical (unpaired) electrons. The summed E-state index contributed by atoms with van der Waals surface area (Å²) in [5, 5.41) is 3.45. The number of fused-ring (bicyclic) bond motifs is 2. The number of hydrogen-bond donors (Lipinski definition) is 2. The molecule has 3 aromatic rings. The third-order valence-corrected chi connectivity index (χ3v) is 7.22. The molecule has 3 aromatic heterocycles. The van der Waals surface area contributed by atoms with E-state index in [9.17, 15) is 9.59 Å². The average molecular weight is 479 g/mol. The minimum Gasteiger partial charge on any atom is -0.367 e. The van der Waals surface area contributed by atoms with Crippen molar-refractivity contribution in [2.24, 2.45) is 0 Å². The maximum absolute atomic E-state index is 15.9. The van der Waals surface area contributed by atoms with Gasteiger partial charge in [-0.15, -0.1) is 0 Å². The second-order valence-electron chi connectivity index (χ2n) is 8.60. The summed E-state index contributed by atoms with van der Waals surface area (Å²) in [6.07, 6.45) is 7.02. The molecule has 0 spiro atoms. The van der Waals surface area contributed by atoms with Gasteiger partial charge in [0.05, 0.1) is 16.4 Å². The largest absolute Gasteiger partial charge is 0.367 e. The van der Waals surface area contributed by atoms with Gasteiger partial charge in [0, 0.05) is 24.7 Å². The highest BCUT2D eigenvalue weighted by Gasteiger charge is 2.33. The Morgan fingerprint density at radius 2 is 1.91 bits per heavy atom. The van der Waals surface area contributed by atoms with Crippen LogP contribution in [0.4, 0.5) is 14.5 Å². The van der Waals surface area contributed by atoms with Gasteiger partial charge in [-0.05, 0) is 57.9 Å². The number of pyridine rings is 2. The Hall–Kier alpha value is -2.26. The lowest BCUT2D eigenvalue weighted by atomic mass is 10.1. The molecule has 180 valence electrons. The number of rotatable bonds is 9. The lowest BCUT2D eigenvalue weighted by Gasteiger charge is -2.25. The van der Waals surface area contributed by atoms with Crippen LogP contribution in [0.2, 0.25) is 0 Å². The van der Waals surface area contributed by atoms with Gasteiger partial charge < -0.3 is 10.2 Å². The second kappa shape index (κ2) is 9.93. The molecule has 0 unspecified atom stereocenters. The van der Waals surface area contributed by atoms with E-state index in [0.29, 0.717) is 29.4 Å². The molecule has 0 bridgehead atoms. The summed E-state index contributed by atoms with van der Waals surface area (Å²) in [7, 11) is 0. The van der Waals surface area contributed by atoms with Gasteiger partial charge in [0.25, 0.3) is 11.1 Å².